The van der Waals surface area contributed by atoms with Gasteiger partial charge in [-0.2, -0.15) is 0 Å². The van der Waals surface area contributed by atoms with Gasteiger partial charge in [0.25, 0.3) is 15.7 Å². The standard InChI is InChI=1S/C25H19N3O7S/c29-19-13-16(14-20(30)15-19)7-12-25(31)26-23-5-1-4-22-21(23)3-2-6-24(22)36(34,35)27-17-8-10-18(11-9-17)28(32)33/h1-15,27,29-30H,(H,26,31). The third kappa shape index (κ3) is 5.42. The molecule has 36 heavy (non-hydrogen) atoms. The number of sulfonamides is 1. The van der Waals surface area contributed by atoms with E-state index >= 15 is 0 Å². The maximum atomic E-state index is 13.1. The topological polar surface area (TPSA) is 159 Å². The fourth-order valence-corrected chi connectivity index (χ4v) is 4.83. The fraction of sp³-hybridized carbons (Fsp3) is 0. The van der Waals surface area contributed by atoms with Crippen LogP contribution in [0.15, 0.2) is 89.8 Å². The summed E-state index contributed by atoms with van der Waals surface area (Å²) >= 11 is 0. The van der Waals surface area contributed by atoms with E-state index in [0.717, 1.165) is 6.07 Å². The molecule has 1 amide bonds. The summed E-state index contributed by atoms with van der Waals surface area (Å²) < 4.78 is 28.6. The van der Waals surface area contributed by atoms with Crippen molar-refractivity contribution in [2.24, 2.45) is 0 Å². The van der Waals surface area contributed by atoms with Gasteiger partial charge in [0.05, 0.1) is 9.82 Å². The van der Waals surface area contributed by atoms with Gasteiger partial charge in [0, 0.05) is 46.4 Å². The molecule has 0 heterocycles. The van der Waals surface area contributed by atoms with Gasteiger partial charge in [-0.25, -0.2) is 8.42 Å². The highest BCUT2D eigenvalue weighted by atomic mass is 32.2. The highest BCUT2D eigenvalue weighted by molar-refractivity contribution is 7.93. The summed E-state index contributed by atoms with van der Waals surface area (Å²) in [5, 5.41) is 33.5. The number of nitrogens with one attached hydrogen (secondary N) is 2. The summed E-state index contributed by atoms with van der Waals surface area (Å²) in [6.07, 6.45) is 2.62. The van der Waals surface area contributed by atoms with Crippen molar-refractivity contribution in [2.45, 2.75) is 4.90 Å². The lowest BCUT2D eigenvalue weighted by Crippen LogP contribution is -2.14. The molecule has 11 heteroatoms. The van der Waals surface area contributed by atoms with Crippen LogP contribution >= 0.6 is 0 Å². The zero-order valence-corrected chi connectivity index (χ0v) is 19.3. The molecule has 0 radical (unpaired) electrons. The van der Waals surface area contributed by atoms with Crippen LogP contribution in [0.5, 0.6) is 11.5 Å². The van der Waals surface area contributed by atoms with Crippen LogP contribution in [0.1, 0.15) is 5.56 Å². The summed E-state index contributed by atoms with van der Waals surface area (Å²) in [6, 6.07) is 18.3. The number of amides is 1. The molecule has 182 valence electrons. The highest BCUT2D eigenvalue weighted by Crippen LogP contribution is 2.30. The van der Waals surface area contributed by atoms with Crippen LogP contribution in [0, 0.1) is 10.1 Å². The van der Waals surface area contributed by atoms with Crippen molar-refractivity contribution in [3.63, 3.8) is 0 Å². The average molecular weight is 506 g/mol. The minimum Gasteiger partial charge on any atom is -0.508 e. The lowest BCUT2D eigenvalue weighted by Gasteiger charge is -2.13. The van der Waals surface area contributed by atoms with Crippen LogP contribution < -0.4 is 10.0 Å². The Labute approximate surface area is 205 Å². The Bertz CT molecular complexity index is 1590. The second-order valence-electron chi connectivity index (χ2n) is 7.67. The Kier molecular flexibility index (Phi) is 6.57. The number of nitro benzene ring substituents is 1. The normalized spacial score (nSPS) is 11.4. The van der Waals surface area contributed by atoms with Crippen LogP contribution in [0.3, 0.4) is 0 Å². The average Bonchev–Trinajstić information content (AvgIpc) is 2.82. The Balaban J connectivity index is 1.60. The van der Waals surface area contributed by atoms with E-state index in [4.69, 9.17) is 0 Å². The molecule has 0 spiro atoms. The lowest BCUT2D eigenvalue weighted by molar-refractivity contribution is -0.384. The van der Waals surface area contributed by atoms with E-state index < -0.39 is 20.9 Å². The van der Waals surface area contributed by atoms with Crippen LogP contribution in [-0.2, 0) is 14.8 Å². The number of nitro groups is 1. The number of fused-ring (bicyclic) bond motifs is 1. The lowest BCUT2D eigenvalue weighted by atomic mass is 10.1. The van der Waals surface area contributed by atoms with Gasteiger partial charge in [-0.3, -0.25) is 19.6 Å². The summed E-state index contributed by atoms with van der Waals surface area (Å²) in [4.78, 5) is 22.7. The zero-order valence-electron chi connectivity index (χ0n) is 18.5. The van der Waals surface area contributed by atoms with Crippen molar-refractivity contribution in [1.29, 1.82) is 0 Å². The van der Waals surface area contributed by atoms with Gasteiger partial charge >= 0.3 is 0 Å². The SMILES string of the molecule is O=C(C=Cc1cc(O)cc(O)c1)Nc1cccc2c(S(=O)(=O)Nc3ccc([N+](=O)[O-])cc3)cccc12. The molecular weight excluding hydrogens is 486 g/mol. The van der Waals surface area contributed by atoms with Crippen LogP contribution in [0.25, 0.3) is 16.8 Å². The molecule has 4 N–H and O–H groups in total. The van der Waals surface area contributed by atoms with Gasteiger partial charge in [0.15, 0.2) is 0 Å². The van der Waals surface area contributed by atoms with Gasteiger partial charge < -0.3 is 15.5 Å². The number of aromatic hydroxyl groups is 2. The number of carbonyl (C=O) groups excluding carboxylic acids is 1. The molecule has 0 bridgehead atoms. The number of benzene rings is 4. The molecule has 4 aromatic rings. The van der Waals surface area contributed by atoms with E-state index in [9.17, 15) is 33.5 Å². The van der Waals surface area contributed by atoms with Gasteiger partial charge in [-0.15, -0.1) is 0 Å². The van der Waals surface area contributed by atoms with Gasteiger partial charge in [-0.05, 0) is 48.0 Å². The van der Waals surface area contributed by atoms with Crippen molar-refractivity contribution in [1.82, 2.24) is 0 Å². The largest absolute Gasteiger partial charge is 0.508 e. The van der Waals surface area contributed by atoms with Gasteiger partial charge in [0.2, 0.25) is 5.91 Å². The van der Waals surface area contributed by atoms with Gasteiger partial charge in [0.1, 0.15) is 11.5 Å². The molecule has 0 aliphatic heterocycles. The van der Waals surface area contributed by atoms with E-state index in [1.807, 2.05) is 0 Å². The molecule has 4 rings (SSSR count). The summed E-state index contributed by atoms with van der Waals surface area (Å²) in [7, 11) is -4.07. The Morgan fingerprint density at radius 2 is 1.53 bits per heavy atom. The van der Waals surface area contributed by atoms with Crippen LogP contribution in [0.4, 0.5) is 17.1 Å². The third-order valence-electron chi connectivity index (χ3n) is 5.11. The maximum absolute atomic E-state index is 13.1. The first-order valence-electron chi connectivity index (χ1n) is 10.4. The molecular formula is C25H19N3O7S. The monoisotopic (exact) mass is 505 g/mol. The molecule has 0 saturated heterocycles. The quantitative estimate of drug-likeness (QED) is 0.162. The number of rotatable bonds is 7. The molecule has 0 aromatic heterocycles. The first-order valence-corrected chi connectivity index (χ1v) is 11.9. The van der Waals surface area contributed by atoms with Gasteiger partial charge in [-0.1, -0.05) is 24.3 Å². The predicted molar refractivity (Wildman–Crippen MR) is 135 cm³/mol. The highest BCUT2D eigenvalue weighted by Gasteiger charge is 2.19. The van der Waals surface area contributed by atoms with E-state index in [-0.39, 0.29) is 27.8 Å². The number of hydrogen-bond acceptors (Lipinski definition) is 7. The zero-order chi connectivity index (χ0) is 25.9. The fourth-order valence-electron chi connectivity index (χ4n) is 3.55. The van der Waals surface area contributed by atoms with E-state index in [1.165, 1.54) is 60.7 Å². The molecule has 0 fully saturated rings. The molecule has 10 nitrogen and oxygen atoms in total. The van der Waals surface area contributed by atoms with E-state index in [0.29, 0.717) is 22.0 Å². The first kappa shape index (κ1) is 24.2. The van der Waals surface area contributed by atoms with Crippen LogP contribution in [-0.4, -0.2) is 29.5 Å². The predicted octanol–water partition coefficient (Wildman–Crippen LogP) is 4.61. The number of carbonyl (C=O) groups is 1. The second kappa shape index (κ2) is 9.76. The number of hydrogen-bond donors (Lipinski definition) is 4. The smallest absolute Gasteiger partial charge is 0.269 e. The molecule has 0 aliphatic carbocycles. The number of anilines is 2. The van der Waals surface area contributed by atoms with E-state index in [1.54, 1.807) is 24.3 Å². The molecule has 0 atom stereocenters. The van der Waals surface area contributed by atoms with Crippen molar-refractivity contribution >= 4 is 49.8 Å². The minimum absolute atomic E-state index is 0.0415. The minimum atomic E-state index is -4.07. The number of non-ortho nitro benzene ring substituents is 1. The van der Waals surface area contributed by atoms with Crippen molar-refractivity contribution in [2.75, 3.05) is 10.0 Å². The van der Waals surface area contributed by atoms with Crippen molar-refractivity contribution in [3.8, 4) is 11.5 Å². The first-order chi connectivity index (χ1) is 17.1. The van der Waals surface area contributed by atoms with Crippen LogP contribution in [0.2, 0.25) is 0 Å². The van der Waals surface area contributed by atoms with Crippen molar-refractivity contribution < 1.29 is 28.3 Å². The number of nitrogens with zero attached hydrogens (tertiary/aromatic N) is 1. The Morgan fingerprint density at radius 3 is 2.19 bits per heavy atom. The Hall–Kier alpha value is -4.90. The third-order valence-corrected chi connectivity index (χ3v) is 6.55. The summed E-state index contributed by atoms with van der Waals surface area (Å²) in [5.41, 5.74) is 0.767. The maximum Gasteiger partial charge on any atom is 0.269 e. The number of phenolic OH excluding ortho intramolecular Hbond substituents is 2. The van der Waals surface area contributed by atoms with E-state index in [2.05, 4.69) is 10.0 Å². The molecule has 4 aromatic carbocycles. The summed E-state index contributed by atoms with van der Waals surface area (Å²) in [5.74, 6) is -0.817. The second-order valence-corrected chi connectivity index (χ2v) is 9.32. The number of phenols is 2. The summed E-state index contributed by atoms with van der Waals surface area (Å²) in [6.45, 7) is 0. The molecule has 0 saturated carbocycles. The Morgan fingerprint density at radius 1 is 0.889 bits per heavy atom. The molecule has 0 aliphatic rings. The van der Waals surface area contributed by atoms with Crippen molar-refractivity contribution in [3.05, 3.63) is 101 Å². The molecule has 0 unspecified atom stereocenters.